The number of hydrogen-bond donors (Lipinski definition) is 1. The van der Waals surface area contributed by atoms with Crippen LogP contribution in [-0.4, -0.2) is 33.1 Å². The molecule has 0 radical (unpaired) electrons. The first-order valence-corrected chi connectivity index (χ1v) is 8.90. The lowest BCUT2D eigenvalue weighted by Crippen LogP contribution is -2.34. The van der Waals surface area contributed by atoms with Crippen molar-refractivity contribution in [1.82, 2.24) is 0 Å². The standard InChI is InChI=1S/C12H15BrClNO3S/c1-18-12-10(13)5-8(14)6-11(12)15-9-3-2-4-19(16,17)7-9/h5-6,9,15H,2-4,7H2,1H3. The van der Waals surface area contributed by atoms with Gasteiger partial charge in [0.1, 0.15) is 0 Å². The number of methoxy groups -OCH3 is 1. The maximum Gasteiger partial charge on any atom is 0.156 e. The average Bonchev–Trinajstić information content (AvgIpc) is 2.26. The fraction of sp³-hybridized carbons (Fsp3) is 0.500. The number of benzene rings is 1. The molecule has 1 aromatic rings. The molecule has 7 heteroatoms. The van der Waals surface area contributed by atoms with Crippen LogP contribution in [0, 0.1) is 0 Å². The van der Waals surface area contributed by atoms with E-state index in [1.54, 1.807) is 19.2 Å². The smallest absolute Gasteiger partial charge is 0.156 e. The van der Waals surface area contributed by atoms with Crippen molar-refractivity contribution in [1.29, 1.82) is 0 Å². The van der Waals surface area contributed by atoms with Gasteiger partial charge in [-0.25, -0.2) is 8.42 Å². The van der Waals surface area contributed by atoms with Crippen LogP contribution in [0.15, 0.2) is 16.6 Å². The Morgan fingerprint density at radius 1 is 1.47 bits per heavy atom. The topological polar surface area (TPSA) is 55.4 Å². The Labute approximate surface area is 126 Å². The molecule has 0 aliphatic carbocycles. The van der Waals surface area contributed by atoms with Gasteiger partial charge >= 0.3 is 0 Å². The van der Waals surface area contributed by atoms with E-state index in [9.17, 15) is 8.42 Å². The van der Waals surface area contributed by atoms with Crippen molar-refractivity contribution in [2.75, 3.05) is 23.9 Å². The lowest BCUT2D eigenvalue weighted by Gasteiger charge is -2.25. The summed E-state index contributed by atoms with van der Waals surface area (Å²) >= 11 is 9.39. The van der Waals surface area contributed by atoms with Crippen molar-refractivity contribution in [3.63, 3.8) is 0 Å². The van der Waals surface area contributed by atoms with Gasteiger partial charge in [0.2, 0.25) is 0 Å². The maximum absolute atomic E-state index is 11.6. The number of halogens is 2. The van der Waals surface area contributed by atoms with Crippen LogP contribution in [0.25, 0.3) is 0 Å². The minimum absolute atomic E-state index is 0.0991. The predicted molar refractivity (Wildman–Crippen MR) is 81.0 cm³/mol. The third-order valence-electron chi connectivity index (χ3n) is 3.04. The summed E-state index contributed by atoms with van der Waals surface area (Å²) < 4.78 is 29.3. The van der Waals surface area contributed by atoms with Crippen molar-refractivity contribution in [2.45, 2.75) is 18.9 Å². The molecule has 1 aromatic carbocycles. The predicted octanol–water partition coefficient (Wildman–Crippen LogP) is 3.10. The van der Waals surface area contributed by atoms with Crippen molar-refractivity contribution in [2.24, 2.45) is 0 Å². The van der Waals surface area contributed by atoms with Crippen LogP contribution in [0.2, 0.25) is 5.02 Å². The third-order valence-corrected chi connectivity index (χ3v) is 5.66. The Hall–Kier alpha value is -0.460. The summed E-state index contributed by atoms with van der Waals surface area (Å²) in [6, 6.07) is 3.38. The Balaban J connectivity index is 2.23. The monoisotopic (exact) mass is 367 g/mol. The molecule has 1 atom stereocenters. The summed E-state index contributed by atoms with van der Waals surface area (Å²) in [5.74, 6) is 1.06. The first-order valence-electron chi connectivity index (χ1n) is 5.91. The second-order valence-corrected chi connectivity index (χ2v) is 8.09. The molecule has 1 heterocycles. The van der Waals surface area contributed by atoms with E-state index in [1.807, 2.05) is 0 Å². The highest BCUT2D eigenvalue weighted by Gasteiger charge is 2.25. The van der Waals surface area contributed by atoms with Gasteiger partial charge in [-0.05, 0) is 40.9 Å². The van der Waals surface area contributed by atoms with Crippen LogP contribution < -0.4 is 10.1 Å². The zero-order valence-electron chi connectivity index (χ0n) is 10.4. The molecule has 1 fully saturated rings. The molecular formula is C12H15BrClNO3S. The quantitative estimate of drug-likeness (QED) is 0.891. The second kappa shape index (κ2) is 5.89. The van der Waals surface area contributed by atoms with Crippen LogP contribution >= 0.6 is 27.5 Å². The van der Waals surface area contributed by atoms with E-state index < -0.39 is 9.84 Å². The molecule has 1 saturated heterocycles. The van der Waals surface area contributed by atoms with E-state index in [2.05, 4.69) is 21.2 Å². The van der Waals surface area contributed by atoms with E-state index in [1.165, 1.54) is 0 Å². The minimum atomic E-state index is -2.94. The van der Waals surface area contributed by atoms with Crippen LogP contribution in [0.1, 0.15) is 12.8 Å². The molecule has 0 spiro atoms. The molecule has 0 aromatic heterocycles. The highest BCUT2D eigenvalue weighted by molar-refractivity contribution is 9.10. The van der Waals surface area contributed by atoms with Gasteiger partial charge in [-0.1, -0.05) is 11.6 Å². The Bertz CT molecular complexity index is 577. The molecule has 0 bridgehead atoms. The van der Waals surface area contributed by atoms with E-state index in [0.29, 0.717) is 22.9 Å². The number of anilines is 1. The van der Waals surface area contributed by atoms with E-state index in [0.717, 1.165) is 10.9 Å². The van der Waals surface area contributed by atoms with Crippen LogP contribution in [0.4, 0.5) is 5.69 Å². The number of ether oxygens (including phenoxy) is 1. The fourth-order valence-electron chi connectivity index (χ4n) is 2.23. The molecule has 2 rings (SSSR count). The molecule has 1 N–H and O–H groups in total. The Morgan fingerprint density at radius 2 is 2.21 bits per heavy atom. The number of nitrogens with one attached hydrogen (secondary N) is 1. The zero-order valence-corrected chi connectivity index (χ0v) is 13.6. The first kappa shape index (κ1) is 14.9. The maximum atomic E-state index is 11.6. The minimum Gasteiger partial charge on any atom is -0.493 e. The van der Waals surface area contributed by atoms with E-state index in [-0.39, 0.29) is 17.5 Å². The van der Waals surface area contributed by atoms with E-state index in [4.69, 9.17) is 16.3 Å². The highest BCUT2D eigenvalue weighted by atomic mass is 79.9. The second-order valence-electron chi connectivity index (χ2n) is 4.57. The average molecular weight is 369 g/mol. The molecule has 0 saturated carbocycles. The molecule has 106 valence electrons. The van der Waals surface area contributed by atoms with Gasteiger partial charge < -0.3 is 10.1 Å². The summed E-state index contributed by atoms with van der Waals surface area (Å²) in [6.07, 6.45) is 1.51. The van der Waals surface area contributed by atoms with Crippen molar-refractivity contribution in [3.8, 4) is 5.75 Å². The summed E-state index contributed by atoms with van der Waals surface area (Å²) in [5, 5.41) is 3.78. The molecule has 19 heavy (non-hydrogen) atoms. The van der Waals surface area contributed by atoms with Crippen molar-refractivity contribution in [3.05, 3.63) is 21.6 Å². The van der Waals surface area contributed by atoms with Crippen LogP contribution in [-0.2, 0) is 9.84 Å². The summed E-state index contributed by atoms with van der Waals surface area (Å²) in [4.78, 5) is 0. The Kier molecular flexibility index (Phi) is 4.63. The molecule has 1 unspecified atom stereocenters. The number of sulfone groups is 1. The lowest BCUT2D eigenvalue weighted by atomic mass is 10.1. The van der Waals surface area contributed by atoms with Gasteiger partial charge in [-0.3, -0.25) is 0 Å². The lowest BCUT2D eigenvalue weighted by molar-refractivity contribution is 0.413. The summed E-state index contributed by atoms with van der Waals surface area (Å²) in [5.41, 5.74) is 0.712. The SMILES string of the molecule is COc1c(Br)cc(Cl)cc1NC1CCCS(=O)(=O)C1. The third kappa shape index (κ3) is 3.77. The highest BCUT2D eigenvalue weighted by Crippen LogP contribution is 2.37. The summed E-state index contributed by atoms with van der Waals surface area (Å²) in [7, 11) is -1.37. The zero-order chi connectivity index (χ0) is 14.0. The van der Waals surface area contributed by atoms with Crippen molar-refractivity contribution >= 4 is 43.1 Å². The van der Waals surface area contributed by atoms with Gasteiger partial charge in [0.05, 0.1) is 28.8 Å². The Morgan fingerprint density at radius 3 is 2.84 bits per heavy atom. The fourth-order valence-corrected chi connectivity index (χ4v) is 4.84. The largest absolute Gasteiger partial charge is 0.493 e. The van der Waals surface area contributed by atoms with Crippen LogP contribution in [0.3, 0.4) is 0 Å². The van der Waals surface area contributed by atoms with Gasteiger partial charge in [0, 0.05) is 11.1 Å². The molecule has 0 amide bonds. The first-order chi connectivity index (χ1) is 8.91. The van der Waals surface area contributed by atoms with Crippen LogP contribution in [0.5, 0.6) is 5.75 Å². The number of hydrogen-bond acceptors (Lipinski definition) is 4. The molecule has 1 aliphatic heterocycles. The molecule has 1 aliphatic rings. The molecular weight excluding hydrogens is 354 g/mol. The summed E-state index contributed by atoms with van der Waals surface area (Å²) in [6.45, 7) is 0. The number of rotatable bonds is 3. The van der Waals surface area contributed by atoms with Gasteiger partial charge in [-0.15, -0.1) is 0 Å². The van der Waals surface area contributed by atoms with Gasteiger partial charge in [0.25, 0.3) is 0 Å². The molecule has 4 nitrogen and oxygen atoms in total. The van der Waals surface area contributed by atoms with Gasteiger partial charge in [-0.2, -0.15) is 0 Å². The van der Waals surface area contributed by atoms with Gasteiger partial charge in [0.15, 0.2) is 15.6 Å². The normalized spacial score (nSPS) is 21.9. The van der Waals surface area contributed by atoms with E-state index >= 15 is 0 Å². The van der Waals surface area contributed by atoms with Crippen molar-refractivity contribution < 1.29 is 13.2 Å².